The van der Waals surface area contributed by atoms with Crippen molar-refractivity contribution in [2.45, 2.75) is 17.5 Å². The number of hydrogen-bond acceptors (Lipinski definition) is 2. The van der Waals surface area contributed by atoms with Crippen molar-refractivity contribution in [3.63, 3.8) is 0 Å². The maximum absolute atomic E-state index is 6.19. The van der Waals surface area contributed by atoms with Crippen molar-refractivity contribution in [2.75, 3.05) is 13.6 Å². The Morgan fingerprint density at radius 1 is 1.40 bits per heavy atom. The van der Waals surface area contributed by atoms with Crippen LogP contribution < -0.4 is 0 Å². The van der Waals surface area contributed by atoms with Crippen LogP contribution in [-0.4, -0.2) is 23.7 Å². The third-order valence-electron chi connectivity index (χ3n) is 2.53. The van der Waals surface area contributed by atoms with E-state index in [0.29, 0.717) is 10.6 Å². The van der Waals surface area contributed by atoms with Crippen molar-refractivity contribution >= 4 is 35.0 Å². The summed E-state index contributed by atoms with van der Waals surface area (Å²) in [6.45, 7) is 3.33. The summed E-state index contributed by atoms with van der Waals surface area (Å²) in [5, 5.41) is 2.54. The average molecular weight is 262 g/mol. The quantitative estimate of drug-likeness (QED) is 0.750. The SMILES string of the molecule is CC1CN(C)C(c2cc(Cl)ccc2Cl)S1. The van der Waals surface area contributed by atoms with Crippen LogP contribution in [-0.2, 0) is 0 Å². The van der Waals surface area contributed by atoms with Gasteiger partial charge in [-0.25, -0.2) is 0 Å². The minimum atomic E-state index is 0.339. The summed E-state index contributed by atoms with van der Waals surface area (Å²) in [6.07, 6.45) is 0. The summed E-state index contributed by atoms with van der Waals surface area (Å²) in [5.74, 6) is 0. The largest absolute Gasteiger partial charge is 0.290 e. The van der Waals surface area contributed by atoms with Gasteiger partial charge in [0.1, 0.15) is 0 Å². The molecule has 1 saturated heterocycles. The maximum Gasteiger partial charge on any atom is 0.0830 e. The van der Waals surface area contributed by atoms with E-state index in [1.165, 1.54) is 0 Å². The van der Waals surface area contributed by atoms with Gasteiger partial charge >= 0.3 is 0 Å². The van der Waals surface area contributed by atoms with Crippen LogP contribution in [0.2, 0.25) is 10.0 Å². The van der Waals surface area contributed by atoms with Gasteiger partial charge in [-0.15, -0.1) is 11.8 Å². The molecule has 4 heteroatoms. The zero-order valence-corrected chi connectivity index (χ0v) is 11.0. The van der Waals surface area contributed by atoms with Crippen molar-refractivity contribution in [3.05, 3.63) is 33.8 Å². The van der Waals surface area contributed by atoms with E-state index in [0.717, 1.165) is 22.2 Å². The van der Waals surface area contributed by atoms with Gasteiger partial charge in [-0.2, -0.15) is 0 Å². The Labute approximate surface area is 105 Å². The molecule has 2 atom stereocenters. The molecule has 2 unspecified atom stereocenters. The second-order valence-electron chi connectivity index (χ2n) is 3.90. The van der Waals surface area contributed by atoms with Crippen molar-refractivity contribution in [2.24, 2.45) is 0 Å². The van der Waals surface area contributed by atoms with Crippen molar-refractivity contribution in [1.29, 1.82) is 0 Å². The Balaban J connectivity index is 2.32. The van der Waals surface area contributed by atoms with E-state index in [2.05, 4.69) is 18.9 Å². The third-order valence-corrected chi connectivity index (χ3v) is 4.60. The van der Waals surface area contributed by atoms with Crippen LogP contribution in [0.15, 0.2) is 18.2 Å². The van der Waals surface area contributed by atoms with E-state index in [-0.39, 0.29) is 0 Å². The Kier molecular flexibility index (Phi) is 3.51. The van der Waals surface area contributed by atoms with Crippen LogP contribution in [0.3, 0.4) is 0 Å². The minimum Gasteiger partial charge on any atom is -0.290 e. The van der Waals surface area contributed by atoms with Gasteiger partial charge in [0.05, 0.1) is 5.37 Å². The topological polar surface area (TPSA) is 3.24 Å². The summed E-state index contributed by atoms with van der Waals surface area (Å²) < 4.78 is 0. The predicted octanol–water partition coefficient (Wildman–Crippen LogP) is 4.06. The van der Waals surface area contributed by atoms with Gasteiger partial charge < -0.3 is 0 Å². The minimum absolute atomic E-state index is 0.339. The molecule has 0 amide bonds. The van der Waals surface area contributed by atoms with Gasteiger partial charge in [0.25, 0.3) is 0 Å². The van der Waals surface area contributed by atoms with Gasteiger partial charge in [0.15, 0.2) is 0 Å². The number of hydrogen-bond donors (Lipinski definition) is 0. The van der Waals surface area contributed by atoms with E-state index in [1.54, 1.807) is 0 Å². The molecule has 82 valence electrons. The number of thioether (sulfide) groups is 1. The highest BCUT2D eigenvalue weighted by atomic mass is 35.5. The lowest BCUT2D eigenvalue weighted by molar-refractivity contribution is 0.347. The summed E-state index contributed by atoms with van der Waals surface area (Å²) in [4.78, 5) is 2.31. The first-order chi connectivity index (χ1) is 7.08. The standard InChI is InChI=1S/C11H13Cl2NS/c1-7-6-14(2)11(15-7)9-5-8(12)3-4-10(9)13/h3-5,7,11H,6H2,1-2H3. The summed E-state index contributed by atoms with van der Waals surface area (Å²) in [7, 11) is 2.12. The lowest BCUT2D eigenvalue weighted by Crippen LogP contribution is -2.18. The highest BCUT2D eigenvalue weighted by Gasteiger charge is 2.29. The van der Waals surface area contributed by atoms with Gasteiger partial charge in [0, 0.05) is 21.8 Å². The fraction of sp³-hybridized carbons (Fsp3) is 0.455. The molecule has 1 heterocycles. The molecular formula is C11H13Cl2NS. The Bertz CT molecular complexity index is 370. The Morgan fingerprint density at radius 3 is 2.73 bits per heavy atom. The van der Waals surface area contributed by atoms with Crippen LogP contribution in [0, 0.1) is 0 Å². The third kappa shape index (κ3) is 2.44. The highest BCUT2D eigenvalue weighted by molar-refractivity contribution is 8.00. The molecule has 0 radical (unpaired) electrons. The molecule has 0 aromatic heterocycles. The molecule has 2 rings (SSSR count). The van der Waals surface area contributed by atoms with E-state index in [9.17, 15) is 0 Å². The smallest absolute Gasteiger partial charge is 0.0830 e. The number of rotatable bonds is 1. The van der Waals surface area contributed by atoms with Crippen molar-refractivity contribution in [1.82, 2.24) is 4.90 Å². The fourth-order valence-electron chi connectivity index (χ4n) is 1.88. The van der Waals surface area contributed by atoms with Gasteiger partial charge in [-0.1, -0.05) is 30.1 Å². The number of halogens is 2. The van der Waals surface area contributed by atoms with E-state index >= 15 is 0 Å². The second kappa shape index (κ2) is 4.54. The van der Waals surface area contributed by atoms with Gasteiger partial charge in [-0.05, 0) is 30.8 Å². The molecule has 0 saturated carbocycles. The Hall–Kier alpha value is 0.110. The molecule has 1 aromatic rings. The molecular weight excluding hydrogens is 249 g/mol. The average Bonchev–Trinajstić information content (AvgIpc) is 2.50. The second-order valence-corrected chi connectivity index (χ2v) is 6.27. The molecule has 1 aromatic carbocycles. The number of nitrogens with zero attached hydrogens (tertiary/aromatic N) is 1. The molecule has 0 N–H and O–H groups in total. The molecule has 1 aliphatic heterocycles. The van der Waals surface area contributed by atoms with E-state index < -0.39 is 0 Å². The van der Waals surface area contributed by atoms with Gasteiger partial charge in [0.2, 0.25) is 0 Å². The van der Waals surface area contributed by atoms with E-state index in [1.807, 2.05) is 30.0 Å². The lowest BCUT2D eigenvalue weighted by atomic mass is 10.2. The van der Waals surface area contributed by atoms with Crippen LogP contribution in [0.4, 0.5) is 0 Å². The number of benzene rings is 1. The monoisotopic (exact) mass is 261 g/mol. The molecule has 1 aliphatic rings. The zero-order valence-electron chi connectivity index (χ0n) is 8.71. The molecule has 0 spiro atoms. The molecule has 0 aliphatic carbocycles. The first-order valence-electron chi connectivity index (χ1n) is 4.88. The first-order valence-corrected chi connectivity index (χ1v) is 6.58. The molecule has 15 heavy (non-hydrogen) atoms. The highest BCUT2D eigenvalue weighted by Crippen LogP contribution is 2.43. The first kappa shape index (κ1) is 11.6. The molecule has 1 fully saturated rings. The Morgan fingerprint density at radius 2 is 2.13 bits per heavy atom. The van der Waals surface area contributed by atoms with Crippen LogP contribution in [0.5, 0.6) is 0 Å². The summed E-state index contributed by atoms with van der Waals surface area (Å²) in [5.41, 5.74) is 1.13. The van der Waals surface area contributed by atoms with Gasteiger partial charge in [-0.3, -0.25) is 4.90 Å². The lowest BCUT2D eigenvalue weighted by Gasteiger charge is -2.19. The summed E-state index contributed by atoms with van der Waals surface area (Å²) >= 11 is 14.1. The normalized spacial score (nSPS) is 27.2. The maximum atomic E-state index is 6.19. The van der Waals surface area contributed by atoms with Crippen LogP contribution in [0.1, 0.15) is 17.9 Å². The fourth-order valence-corrected chi connectivity index (χ4v) is 3.75. The van der Waals surface area contributed by atoms with Crippen molar-refractivity contribution < 1.29 is 0 Å². The van der Waals surface area contributed by atoms with Crippen LogP contribution >= 0.6 is 35.0 Å². The molecule has 1 nitrogen and oxygen atoms in total. The molecule has 0 bridgehead atoms. The summed E-state index contributed by atoms with van der Waals surface area (Å²) in [6, 6.07) is 5.67. The van der Waals surface area contributed by atoms with Crippen LogP contribution in [0.25, 0.3) is 0 Å². The zero-order chi connectivity index (χ0) is 11.0. The predicted molar refractivity (Wildman–Crippen MR) is 68.9 cm³/mol. The van der Waals surface area contributed by atoms with E-state index in [4.69, 9.17) is 23.2 Å². The van der Waals surface area contributed by atoms with Crippen molar-refractivity contribution in [3.8, 4) is 0 Å².